The molecular formula is C23H22N6O3. The van der Waals surface area contributed by atoms with Gasteiger partial charge in [-0.05, 0) is 24.3 Å². The number of benzene rings is 1. The number of carboxylic acids is 1. The van der Waals surface area contributed by atoms with Gasteiger partial charge in [0.1, 0.15) is 34.4 Å². The summed E-state index contributed by atoms with van der Waals surface area (Å²) in [5, 5.41) is 15.1. The van der Waals surface area contributed by atoms with Crippen molar-refractivity contribution < 1.29 is 14.3 Å². The van der Waals surface area contributed by atoms with Crippen LogP contribution < -0.4 is 10.6 Å². The fourth-order valence-electron chi connectivity index (χ4n) is 3.73. The van der Waals surface area contributed by atoms with Crippen molar-refractivity contribution in [1.29, 1.82) is 0 Å². The summed E-state index contributed by atoms with van der Waals surface area (Å²) in [6.45, 7) is 4.48. The van der Waals surface area contributed by atoms with E-state index < -0.39 is 5.97 Å². The zero-order chi connectivity index (χ0) is 22.1. The molecule has 0 saturated heterocycles. The van der Waals surface area contributed by atoms with Crippen molar-refractivity contribution in [3.63, 3.8) is 0 Å². The van der Waals surface area contributed by atoms with E-state index in [4.69, 9.17) is 19.3 Å². The Bertz CT molecular complexity index is 1360. The van der Waals surface area contributed by atoms with Crippen LogP contribution in [0.1, 0.15) is 18.2 Å². The molecule has 2 aliphatic rings. The van der Waals surface area contributed by atoms with Gasteiger partial charge in [0.25, 0.3) is 5.97 Å². The summed E-state index contributed by atoms with van der Waals surface area (Å²) in [5.74, 6) is 1.80. The normalized spacial score (nSPS) is 15.0. The van der Waals surface area contributed by atoms with Crippen molar-refractivity contribution in [2.24, 2.45) is 9.98 Å². The number of pyridine rings is 1. The summed E-state index contributed by atoms with van der Waals surface area (Å²) in [4.78, 5) is 22.6. The van der Waals surface area contributed by atoms with E-state index >= 15 is 0 Å². The second-order valence-electron chi connectivity index (χ2n) is 7.50. The highest BCUT2D eigenvalue weighted by atomic mass is 16.4. The third-order valence-electron chi connectivity index (χ3n) is 5.13. The molecule has 2 aliphatic heterocycles. The predicted octanol–water partition coefficient (Wildman–Crippen LogP) is 2.54. The maximum Gasteiger partial charge on any atom is 0.300 e. The Kier molecular flexibility index (Phi) is 5.06. The van der Waals surface area contributed by atoms with Crippen molar-refractivity contribution >= 4 is 34.3 Å². The molecule has 3 N–H and O–H groups in total. The number of furan rings is 1. The van der Waals surface area contributed by atoms with E-state index in [2.05, 4.69) is 38.8 Å². The van der Waals surface area contributed by atoms with Crippen LogP contribution in [-0.4, -0.2) is 58.3 Å². The molecule has 162 valence electrons. The first-order chi connectivity index (χ1) is 15.6. The van der Waals surface area contributed by atoms with Crippen LogP contribution in [0, 0.1) is 0 Å². The van der Waals surface area contributed by atoms with Gasteiger partial charge >= 0.3 is 0 Å². The number of carboxylic acid groups (broad SMARTS) is 1. The molecule has 0 saturated carbocycles. The Morgan fingerprint density at radius 2 is 1.78 bits per heavy atom. The molecule has 6 rings (SSSR count). The first kappa shape index (κ1) is 19.8. The van der Waals surface area contributed by atoms with E-state index in [0.29, 0.717) is 0 Å². The summed E-state index contributed by atoms with van der Waals surface area (Å²) in [7, 11) is 0. The van der Waals surface area contributed by atoms with Gasteiger partial charge in [-0.3, -0.25) is 14.8 Å². The number of rotatable bonds is 3. The molecule has 0 radical (unpaired) electrons. The average Bonchev–Trinajstić information content (AvgIpc) is 3.58. The minimum Gasteiger partial charge on any atom is -0.481 e. The summed E-state index contributed by atoms with van der Waals surface area (Å²) in [5.41, 5.74) is 4.66. The molecule has 0 bridgehead atoms. The van der Waals surface area contributed by atoms with Crippen molar-refractivity contribution in [3.05, 3.63) is 60.0 Å². The number of hydrogen-bond donors (Lipinski definition) is 3. The molecule has 0 unspecified atom stereocenters. The minimum atomic E-state index is -0.833. The van der Waals surface area contributed by atoms with Crippen LogP contribution >= 0.6 is 0 Å². The lowest BCUT2D eigenvalue weighted by atomic mass is 10.1. The van der Waals surface area contributed by atoms with Crippen molar-refractivity contribution in [3.8, 4) is 11.3 Å². The molecule has 5 heterocycles. The lowest BCUT2D eigenvalue weighted by molar-refractivity contribution is -0.134. The largest absolute Gasteiger partial charge is 0.481 e. The van der Waals surface area contributed by atoms with Crippen molar-refractivity contribution in [2.75, 3.05) is 26.2 Å². The van der Waals surface area contributed by atoms with E-state index in [1.165, 1.54) is 0 Å². The maximum absolute atomic E-state index is 9.00. The van der Waals surface area contributed by atoms with Gasteiger partial charge in [-0.1, -0.05) is 12.1 Å². The molecule has 1 aromatic carbocycles. The smallest absolute Gasteiger partial charge is 0.300 e. The zero-order valence-electron chi connectivity index (χ0n) is 17.5. The van der Waals surface area contributed by atoms with Gasteiger partial charge in [0.05, 0.1) is 13.1 Å². The molecule has 0 aliphatic carbocycles. The topological polar surface area (TPSA) is 117 Å². The van der Waals surface area contributed by atoms with Gasteiger partial charge in [-0.25, -0.2) is 4.98 Å². The number of amidine groups is 2. The summed E-state index contributed by atoms with van der Waals surface area (Å²) in [6.07, 6.45) is 4.00. The fraction of sp³-hybridized carbons (Fsp3) is 0.217. The van der Waals surface area contributed by atoms with E-state index in [9.17, 15) is 0 Å². The second-order valence-corrected chi connectivity index (χ2v) is 7.50. The van der Waals surface area contributed by atoms with Gasteiger partial charge in [0, 0.05) is 48.9 Å². The Balaban J connectivity index is 0.000000501. The van der Waals surface area contributed by atoms with E-state index in [-0.39, 0.29) is 0 Å². The zero-order valence-corrected chi connectivity index (χ0v) is 17.5. The Morgan fingerprint density at radius 1 is 1.03 bits per heavy atom. The van der Waals surface area contributed by atoms with E-state index in [1.807, 2.05) is 35.0 Å². The molecule has 0 fully saturated rings. The predicted molar refractivity (Wildman–Crippen MR) is 123 cm³/mol. The maximum atomic E-state index is 9.00. The highest BCUT2D eigenvalue weighted by molar-refractivity contribution is 6.02. The number of aromatic nitrogens is 2. The lowest BCUT2D eigenvalue weighted by Gasteiger charge is -2.01. The number of carbonyl (C=O) groups is 1. The lowest BCUT2D eigenvalue weighted by Crippen LogP contribution is -2.19. The Hall–Kier alpha value is -4.14. The van der Waals surface area contributed by atoms with Crippen LogP contribution in [-0.2, 0) is 4.79 Å². The molecular weight excluding hydrogens is 408 g/mol. The molecule has 9 heteroatoms. The number of aliphatic carboxylic acids is 1. The second kappa shape index (κ2) is 8.18. The van der Waals surface area contributed by atoms with Crippen LogP contribution in [0.5, 0.6) is 0 Å². The Labute approximate surface area is 183 Å². The van der Waals surface area contributed by atoms with E-state index in [1.54, 1.807) is 0 Å². The van der Waals surface area contributed by atoms with Crippen molar-refractivity contribution in [1.82, 2.24) is 20.0 Å². The summed E-state index contributed by atoms with van der Waals surface area (Å²) >= 11 is 0. The van der Waals surface area contributed by atoms with Crippen LogP contribution in [0.25, 0.3) is 27.9 Å². The molecule has 0 atom stereocenters. The monoisotopic (exact) mass is 430 g/mol. The SMILES string of the molecule is CC(=O)O.c1cc2cc(-c3ccn4cc(C5=NCCN5)nc4c3)oc2cc1C1=NCCN1. The van der Waals surface area contributed by atoms with Gasteiger partial charge in [-0.15, -0.1) is 0 Å². The third-order valence-corrected chi connectivity index (χ3v) is 5.13. The van der Waals surface area contributed by atoms with Crippen LogP contribution in [0.3, 0.4) is 0 Å². The highest BCUT2D eigenvalue weighted by Crippen LogP contribution is 2.29. The van der Waals surface area contributed by atoms with E-state index in [0.717, 1.165) is 84.0 Å². The quantitative estimate of drug-likeness (QED) is 0.460. The molecule has 0 spiro atoms. The number of nitrogens with zero attached hydrogens (tertiary/aromatic N) is 4. The third kappa shape index (κ3) is 3.92. The molecule has 32 heavy (non-hydrogen) atoms. The summed E-state index contributed by atoms with van der Waals surface area (Å²) < 4.78 is 8.16. The highest BCUT2D eigenvalue weighted by Gasteiger charge is 2.14. The van der Waals surface area contributed by atoms with Gasteiger partial charge < -0.3 is 24.6 Å². The average molecular weight is 430 g/mol. The molecule has 0 amide bonds. The molecule has 4 aromatic rings. The van der Waals surface area contributed by atoms with Gasteiger partial charge in [0.2, 0.25) is 0 Å². The number of hydrogen-bond acceptors (Lipinski definition) is 7. The fourth-order valence-corrected chi connectivity index (χ4v) is 3.73. The standard InChI is InChI=1S/C21H18N6O.C2H4O2/c1-2-15(20-22-4-5-23-20)10-18-13(1)9-17(28-18)14-3-8-27-12-16(26-19(27)11-14)21-24-6-7-25-21;1-2(3)4/h1-3,8-12H,4-7H2,(H,22,23)(H,24,25);1H3,(H,3,4). The number of aliphatic imine (C=N–C) groups is 2. The summed E-state index contributed by atoms with van der Waals surface area (Å²) in [6, 6.07) is 12.4. The van der Waals surface area contributed by atoms with Crippen LogP contribution in [0.4, 0.5) is 0 Å². The molecule has 3 aromatic heterocycles. The molecule has 9 nitrogen and oxygen atoms in total. The van der Waals surface area contributed by atoms with Crippen molar-refractivity contribution in [2.45, 2.75) is 6.92 Å². The van der Waals surface area contributed by atoms with Crippen LogP contribution in [0.15, 0.2) is 63.2 Å². The first-order valence-electron chi connectivity index (χ1n) is 10.4. The van der Waals surface area contributed by atoms with Gasteiger partial charge in [-0.2, -0.15) is 0 Å². The Morgan fingerprint density at radius 3 is 2.50 bits per heavy atom. The van der Waals surface area contributed by atoms with Crippen LogP contribution in [0.2, 0.25) is 0 Å². The minimum absolute atomic E-state index is 0.803. The number of imidazole rings is 1. The first-order valence-corrected chi connectivity index (χ1v) is 10.4. The number of nitrogens with one attached hydrogen (secondary N) is 2. The van der Waals surface area contributed by atoms with Gasteiger partial charge in [0.15, 0.2) is 0 Å². The number of fused-ring (bicyclic) bond motifs is 2.